The SMILES string of the molecule is CCC1CCCCN1C(C(N)=S)c1ccccc1Cl. The second-order valence-electron chi connectivity index (χ2n) is 5.12. The Balaban J connectivity index is 2.34. The van der Waals surface area contributed by atoms with Crippen LogP contribution in [0.4, 0.5) is 0 Å². The van der Waals surface area contributed by atoms with Gasteiger partial charge in [0, 0.05) is 11.1 Å². The quantitative estimate of drug-likeness (QED) is 0.854. The molecule has 2 nitrogen and oxygen atoms in total. The van der Waals surface area contributed by atoms with Crippen molar-refractivity contribution in [3.8, 4) is 0 Å². The second-order valence-corrected chi connectivity index (χ2v) is 6.00. The van der Waals surface area contributed by atoms with E-state index in [1.54, 1.807) is 0 Å². The Bertz CT molecular complexity index is 450. The molecular formula is C15H21ClN2S. The third-order valence-electron chi connectivity index (χ3n) is 3.94. The molecule has 0 bridgehead atoms. The highest BCUT2D eigenvalue weighted by molar-refractivity contribution is 7.80. The number of nitrogens with zero attached hydrogens (tertiary/aromatic N) is 1. The average molecular weight is 297 g/mol. The van der Waals surface area contributed by atoms with Crippen LogP contribution < -0.4 is 5.73 Å². The lowest BCUT2D eigenvalue weighted by molar-refractivity contribution is 0.122. The highest BCUT2D eigenvalue weighted by atomic mass is 35.5. The monoisotopic (exact) mass is 296 g/mol. The zero-order valence-electron chi connectivity index (χ0n) is 11.3. The fourth-order valence-corrected chi connectivity index (χ4v) is 3.49. The highest BCUT2D eigenvalue weighted by Crippen LogP contribution is 2.33. The molecule has 2 unspecified atom stereocenters. The third-order valence-corrected chi connectivity index (χ3v) is 4.51. The summed E-state index contributed by atoms with van der Waals surface area (Å²) < 4.78 is 0. The Morgan fingerprint density at radius 2 is 2.21 bits per heavy atom. The number of halogens is 1. The van der Waals surface area contributed by atoms with Crippen LogP contribution in [0.15, 0.2) is 24.3 Å². The van der Waals surface area contributed by atoms with Gasteiger partial charge in [-0.1, -0.05) is 55.4 Å². The Labute approximate surface area is 125 Å². The van der Waals surface area contributed by atoms with Gasteiger partial charge in [0.05, 0.1) is 11.0 Å². The molecule has 2 atom stereocenters. The van der Waals surface area contributed by atoms with Crippen molar-refractivity contribution in [2.45, 2.75) is 44.7 Å². The highest BCUT2D eigenvalue weighted by Gasteiger charge is 2.31. The number of likely N-dealkylation sites (tertiary alicyclic amines) is 1. The number of hydrogen-bond acceptors (Lipinski definition) is 2. The maximum absolute atomic E-state index is 6.33. The van der Waals surface area contributed by atoms with Crippen LogP contribution in [0.5, 0.6) is 0 Å². The summed E-state index contributed by atoms with van der Waals surface area (Å²) in [6, 6.07) is 8.40. The molecule has 1 aromatic rings. The van der Waals surface area contributed by atoms with Crippen molar-refractivity contribution >= 4 is 28.8 Å². The maximum Gasteiger partial charge on any atom is 0.0948 e. The van der Waals surface area contributed by atoms with E-state index in [4.69, 9.17) is 29.6 Å². The van der Waals surface area contributed by atoms with Gasteiger partial charge in [0.1, 0.15) is 0 Å². The fourth-order valence-electron chi connectivity index (χ4n) is 2.99. The predicted octanol–water partition coefficient (Wildman–Crippen LogP) is 3.93. The van der Waals surface area contributed by atoms with Crippen LogP contribution in [0, 0.1) is 0 Å². The molecule has 1 saturated heterocycles. The summed E-state index contributed by atoms with van der Waals surface area (Å²) >= 11 is 11.6. The van der Waals surface area contributed by atoms with Gasteiger partial charge in [-0.2, -0.15) is 0 Å². The lowest BCUT2D eigenvalue weighted by Crippen LogP contribution is -2.46. The Kier molecular flexibility index (Phi) is 5.20. The van der Waals surface area contributed by atoms with Gasteiger partial charge >= 0.3 is 0 Å². The number of rotatable bonds is 4. The van der Waals surface area contributed by atoms with E-state index in [-0.39, 0.29) is 6.04 Å². The summed E-state index contributed by atoms with van der Waals surface area (Å²) in [5.74, 6) is 0. The van der Waals surface area contributed by atoms with E-state index < -0.39 is 0 Å². The fraction of sp³-hybridized carbons (Fsp3) is 0.533. The Morgan fingerprint density at radius 3 is 2.84 bits per heavy atom. The van der Waals surface area contributed by atoms with Gasteiger partial charge in [0.2, 0.25) is 0 Å². The van der Waals surface area contributed by atoms with Crippen LogP contribution >= 0.6 is 23.8 Å². The molecule has 0 spiro atoms. The normalized spacial score (nSPS) is 22.1. The molecule has 4 heteroatoms. The summed E-state index contributed by atoms with van der Waals surface area (Å²) in [6.07, 6.45) is 4.85. The number of benzene rings is 1. The molecule has 1 aliphatic rings. The smallest absolute Gasteiger partial charge is 0.0948 e. The molecule has 0 saturated carbocycles. The van der Waals surface area contributed by atoms with Crippen molar-refractivity contribution < 1.29 is 0 Å². The zero-order chi connectivity index (χ0) is 13.8. The van der Waals surface area contributed by atoms with Crippen LogP contribution in [-0.2, 0) is 0 Å². The lowest BCUT2D eigenvalue weighted by Gasteiger charge is -2.41. The van der Waals surface area contributed by atoms with Crippen molar-refractivity contribution in [2.75, 3.05) is 6.54 Å². The molecule has 1 fully saturated rings. The first kappa shape index (κ1) is 14.8. The van der Waals surface area contributed by atoms with Crippen LogP contribution in [0.1, 0.15) is 44.2 Å². The van der Waals surface area contributed by atoms with E-state index >= 15 is 0 Å². The van der Waals surface area contributed by atoms with E-state index in [0.717, 1.165) is 23.6 Å². The van der Waals surface area contributed by atoms with Crippen molar-refractivity contribution in [1.29, 1.82) is 0 Å². The lowest BCUT2D eigenvalue weighted by atomic mass is 9.95. The number of piperidine rings is 1. The average Bonchev–Trinajstić information content (AvgIpc) is 2.41. The largest absolute Gasteiger partial charge is 0.392 e. The van der Waals surface area contributed by atoms with Crippen LogP contribution in [0.2, 0.25) is 5.02 Å². The molecule has 0 aliphatic carbocycles. The molecule has 104 valence electrons. The summed E-state index contributed by atoms with van der Waals surface area (Å²) in [6.45, 7) is 3.28. The van der Waals surface area contributed by atoms with Gasteiger partial charge in [-0.05, 0) is 37.4 Å². The van der Waals surface area contributed by atoms with Gasteiger partial charge in [-0.15, -0.1) is 0 Å². The third kappa shape index (κ3) is 3.28. The summed E-state index contributed by atoms with van der Waals surface area (Å²) in [5, 5.41) is 0.751. The van der Waals surface area contributed by atoms with Gasteiger partial charge < -0.3 is 5.73 Å². The van der Waals surface area contributed by atoms with Gasteiger partial charge in [0.25, 0.3) is 0 Å². The van der Waals surface area contributed by atoms with Crippen LogP contribution in [-0.4, -0.2) is 22.5 Å². The standard InChI is InChI=1S/C15H21ClN2S/c1-2-11-7-5-6-10-18(11)14(15(17)19)12-8-3-4-9-13(12)16/h3-4,8-9,11,14H,2,5-7,10H2,1H3,(H2,17,19). The van der Waals surface area contributed by atoms with E-state index in [1.807, 2.05) is 24.3 Å². The second kappa shape index (κ2) is 6.69. The van der Waals surface area contributed by atoms with E-state index in [0.29, 0.717) is 11.0 Å². The zero-order valence-corrected chi connectivity index (χ0v) is 12.9. The van der Waals surface area contributed by atoms with Crippen LogP contribution in [0.3, 0.4) is 0 Å². The maximum atomic E-state index is 6.33. The number of hydrogen-bond donors (Lipinski definition) is 1. The molecule has 19 heavy (non-hydrogen) atoms. The molecule has 1 aromatic carbocycles. The first-order chi connectivity index (χ1) is 9.15. The van der Waals surface area contributed by atoms with E-state index in [9.17, 15) is 0 Å². The molecule has 1 aliphatic heterocycles. The van der Waals surface area contributed by atoms with Gasteiger partial charge in [-0.3, -0.25) is 4.90 Å². The summed E-state index contributed by atoms with van der Waals surface area (Å²) in [7, 11) is 0. The Hall–Kier alpha value is -0.640. The topological polar surface area (TPSA) is 29.3 Å². The molecule has 0 radical (unpaired) electrons. The van der Waals surface area contributed by atoms with Gasteiger partial charge in [0.15, 0.2) is 0 Å². The molecule has 2 rings (SSSR count). The van der Waals surface area contributed by atoms with E-state index in [1.165, 1.54) is 19.3 Å². The summed E-state index contributed by atoms with van der Waals surface area (Å²) in [4.78, 5) is 2.96. The first-order valence-electron chi connectivity index (χ1n) is 6.94. The predicted molar refractivity (Wildman–Crippen MR) is 85.6 cm³/mol. The van der Waals surface area contributed by atoms with Crippen molar-refractivity contribution in [3.05, 3.63) is 34.9 Å². The Morgan fingerprint density at radius 1 is 1.47 bits per heavy atom. The minimum absolute atomic E-state index is 0.0334. The van der Waals surface area contributed by atoms with Crippen molar-refractivity contribution in [2.24, 2.45) is 5.73 Å². The molecule has 0 amide bonds. The number of thiocarbonyl (C=S) groups is 1. The number of nitrogens with two attached hydrogens (primary N) is 1. The minimum atomic E-state index is -0.0334. The minimum Gasteiger partial charge on any atom is -0.392 e. The van der Waals surface area contributed by atoms with E-state index in [2.05, 4.69) is 11.8 Å². The first-order valence-corrected chi connectivity index (χ1v) is 7.73. The molecule has 1 heterocycles. The van der Waals surface area contributed by atoms with Crippen molar-refractivity contribution in [3.63, 3.8) is 0 Å². The van der Waals surface area contributed by atoms with Crippen LogP contribution in [0.25, 0.3) is 0 Å². The molecular weight excluding hydrogens is 276 g/mol. The summed E-state index contributed by atoms with van der Waals surface area (Å²) in [5.41, 5.74) is 7.06. The molecule has 0 aromatic heterocycles. The van der Waals surface area contributed by atoms with Crippen molar-refractivity contribution in [1.82, 2.24) is 4.90 Å². The molecule has 2 N–H and O–H groups in total. The van der Waals surface area contributed by atoms with Gasteiger partial charge in [-0.25, -0.2) is 0 Å².